The van der Waals surface area contributed by atoms with Gasteiger partial charge in [0.2, 0.25) is 5.78 Å². The van der Waals surface area contributed by atoms with E-state index in [-0.39, 0.29) is 0 Å². The van der Waals surface area contributed by atoms with E-state index in [4.69, 9.17) is 17.3 Å². The molecule has 0 saturated carbocycles. The van der Waals surface area contributed by atoms with Crippen LogP contribution in [-0.2, 0) is 0 Å². The first-order valence-corrected chi connectivity index (χ1v) is 3.40. The average Bonchev–Trinajstić information content (AvgIpc) is 2.34. The lowest BCUT2D eigenvalue weighted by atomic mass is 10.6. The number of hydrogen-bond acceptors (Lipinski definition) is 3. The molecule has 0 aliphatic rings. The minimum atomic E-state index is 0.477. The van der Waals surface area contributed by atoms with E-state index in [0.29, 0.717) is 16.7 Å². The van der Waals surface area contributed by atoms with E-state index < -0.39 is 0 Å². The molecule has 2 aromatic rings. The zero-order chi connectivity index (χ0) is 7.84. The van der Waals surface area contributed by atoms with E-state index in [0.717, 1.165) is 0 Å². The number of halogens is 1. The van der Waals surface area contributed by atoms with Gasteiger partial charge in [0.05, 0.1) is 6.20 Å². The SMILES string of the molecule is Nc1ccnc2ncc(Cl)n12. The maximum atomic E-state index is 5.76. The van der Waals surface area contributed by atoms with E-state index >= 15 is 0 Å². The molecule has 0 fully saturated rings. The maximum Gasteiger partial charge on any atom is 0.236 e. The van der Waals surface area contributed by atoms with Gasteiger partial charge in [-0.25, -0.2) is 9.97 Å². The predicted molar refractivity (Wildman–Crippen MR) is 42.4 cm³/mol. The standard InChI is InChI=1S/C6H5ClN4/c7-4-3-10-6-9-2-1-5(8)11(4)6/h1-3H,8H2. The van der Waals surface area contributed by atoms with Crippen LogP contribution in [0.3, 0.4) is 0 Å². The van der Waals surface area contributed by atoms with Crippen molar-refractivity contribution >= 4 is 23.2 Å². The van der Waals surface area contributed by atoms with Crippen LogP contribution in [0.4, 0.5) is 5.82 Å². The van der Waals surface area contributed by atoms with Crippen molar-refractivity contribution in [3.05, 3.63) is 23.6 Å². The summed E-state index contributed by atoms with van der Waals surface area (Å²) in [6.07, 6.45) is 3.11. The monoisotopic (exact) mass is 168 g/mol. The third-order valence-electron chi connectivity index (χ3n) is 1.39. The Balaban J connectivity index is 2.96. The van der Waals surface area contributed by atoms with Gasteiger partial charge in [0.15, 0.2) is 0 Å². The molecule has 0 saturated heterocycles. The van der Waals surface area contributed by atoms with Crippen molar-refractivity contribution in [2.24, 2.45) is 0 Å². The molecule has 0 atom stereocenters. The van der Waals surface area contributed by atoms with Crippen molar-refractivity contribution in [3.8, 4) is 0 Å². The summed E-state index contributed by atoms with van der Waals surface area (Å²) < 4.78 is 1.57. The van der Waals surface area contributed by atoms with Crippen molar-refractivity contribution in [1.29, 1.82) is 0 Å². The highest BCUT2D eigenvalue weighted by atomic mass is 35.5. The number of hydrogen-bond donors (Lipinski definition) is 1. The van der Waals surface area contributed by atoms with E-state index in [1.165, 1.54) is 6.20 Å². The lowest BCUT2D eigenvalue weighted by Crippen LogP contribution is -1.97. The Labute approximate surface area is 67.6 Å². The molecule has 2 rings (SSSR count). The zero-order valence-corrected chi connectivity index (χ0v) is 6.28. The highest BCUT2D eigenvalue weighted by molar-refractivity contribution is 6.29. The third-order valence-corrected chi connectivity index (χ3v) is 1.66. The molecule has 2 N–H and O–H groups in total. The Hall–Kier alpha value is -1.29. The topological polar surface area (TPSA) is 56.2 Å². The average molecular weight is 169 g/mol. The molecule has 2 aromatic heterocycles. The van der Waals surface area contributed by atoms with Crippen LogP contribution in [0.25, 0.3) is 5.78 Å². The van der Waals surface area contributed by atoms with Gasteiger partial charge in [0, 0.05) is 6.20 Å². The molecule has 0 unspecified atom stereocenters. The molecule has 56 valence electrons. The van der Waals surface area contributed by atoms with Gasteiger partial charge in [0.1, 0.15) is 11.0 Å². The highest BCUT2D eigenvalue weighted by Crippen LogP contribution is 2.13. The summed E-state index contributed by atoms with van der Waals surface area (Å²) in [5.41, 5.74) is 5.60. The molecule has 0 bridgehead atoms. The van der Waals surface area contributed by atoms with Gasteiger partial charge >= 0.3 is 0 Å². The summed E-state index contributed by atoms with van der Waals surface area (Å²) in [4.78, 5) is 7.87. The minimum Gasteiger partial charge on any atom is -0.385 e. The number of nitrogen functional groups attached to an aromatic ring is 1. The van der Waals surface area contributed by atoms with Crippen LogP contribution in [0.15, 0.2) is 18.5 Å². The Morgan fingerprint density at radius 3 is 3.00 bits per heavy atom. The zero-order valence-electron chi connectivity index (χ0n) is 5.53. The fraction of sp³-hybridized carbons (Fsp3) is 0. The van der Waals surface area contributed by atoms with Crippen LogP contribution in [0, 0.1) is 0 Å². The van der Waals surface area contributed by atoms with Crippen molar-refractivity contribution in [2.45, 2.75) is 0 Å². The van der Waals surface area contributed by atoms with Gasteiger partial charge < -0.3 is 5.73 Å². The molecule has 5 heteroatoms. The number of imidazole rings is 1. The Kier molecular flexibility index (Phi) is 1.22. The molecular weight excluding hydrogens is 164 g/mol. The van der Waals surface area contributed by atoms with Crippen LogP contribution >= 0.6 is 11.6 Å². The predicted octanol–water partition coefficient (Wildman–Crippen LogP) is 0.965. The second-order valence-electron chi connectivity index (χ2n) is 2.09. The molecular formula is C6H5ClN4. The fourth-order valence-electron chi connectivity index (χ4n) is 0.907. The lowest BCUT2D eigenvalue weighted by molar-refractivity contribution is 1.12. The van der Waals surface area contributed by atoms with Crippen molar-refractivity contribution in [2.75, 3.05) is 5.73 Å². The van der Waals surface area contributed by atoms with Crippen LogP contribution in [0.5, 0.6) is 0 Å². The van der Waals surface area contributed by atoms with Crippen LogP contribution in [0.2, 0.25) is 5.15 Å². The Morgan fingerprint density at radius 2 is 2.27 bits per heavy atom. The summed E-state index contributed by atoms with van der Waals surface area (Å²) in [5, 5.41) is 0.477. The van der Waals surface area contributed by atoms with E-state index in [1.54, 1.807) is 16.7 Å². The van der Waals surface area contributed by atoms with Crippen LogP contribution < -0.4 is 5.73 Å². The fourth-order valence-corrected chi connectivity index (χ4v) is 1.13. The third kappa shape index (κ3) is 0.832. The highest BCUT2D eigenvalue weighted by Gasteiger charge is 2.02. The number of fused-ring (bicyclic) bond motifs is 1. The Bertz CT molecular complexity index is 394. The number of rotatable bonds is 0. The molecule has 11 heavy (non-hydrogen) atoms. The van der Waals surface area contributed by atoms with Gasteiger partial charge in [-0.3, -0.25) is 4.40 Å². The van der Waals surface area contributed by atoms with Gasteiger partial charge in [-0.1, -0.05) is 11.6 Å². The van der Waals surface area contributed by atoms with Gasteiger partial charge in [-0.15, -0.1) is 0 Å². The Morgan fingerprint density at radius 1 is 1.45 bits per heavy atom. The lowest BCUT2D eigenvalue weighted by Gasteiger charge is -1.97. The van der Waals surface area contributed by atoms with E-state index in [2.05, 4.69) is 9.97 Å². The first kappa shape index (κ1) is 6.42. The maximum absolute atomic E-state index is 5.76. The van der Waals surface area contributed by atoms with E-state index in [9.17, 15) is 0 Å². The number of aromatic nitrogens is 3. The first-order chi connectivity index (χ1) is 5.29. The normalized spacial score (nSPS) is 10.6. The summed E-state index contributed by atoms with van der Waals surface area (Å²) in [5.74, 6) is 1.06. The number of anilines is 1. The van der Waals surface area contributed by atoms with Gasteiger partial charge in [-0.05, 0) is 6.07 Å². The largest absolute Gasteiger partial charge is 0.385 e. The molecule has 0 amide bonds. The van der Waals surface area contributed by atoms with Gasteiger partial charge in [-0.2, -0.15) is 0 Å². The quantitative estimate of drug-likeness (QED) is 0.638. The summed E-state index contributed by atoms with van der Waals surface area (Å²) in [6, 6.07) is 1.67. The second kappa shape index (κ2) is 2.10. The molecule has 0 aliphatic carbocycles. The molecule has 0 radical (unpaired) electrons. The number of nitrogens with two attached hydrogens (primary N) is 1. The van der Waals surface area contributed by atoms with Crippen LogP contribution in [0.1, 0.15) is 0 Å². The smallest absolute Gasteiger partial charge is 0.236 e. The minimum absolute atomic E-state index is 0.477. The van der Waals surface area contributed by atoms with Crippen molar-refractivity contribution in [3.63, 3.8) is 0 Å². The summed E-state index contributed by atoms with van der Waals surface area (Å²) >= 11 is 5.76. The number of nitrogens with zero attached hydrogens (tertiary/aromatic N) is 3. The molecule has 0 aliphatic heterocycles. The van der Waals surface area contributed by atoms with Gasteiger partial charge in [0.25, 0.3) is 0 Å². The first-order valence-electron chi connectivity index (χ1n) is 3.02. The second-order valence-corrected chi connectivity index (χ2v) is 2.47. The van der Waals surface area contributed by atoms with Crippen molar-refractivity contribution < 1.29 is 0 Å². The molecule has 2 heterocycles. The molecule has 0 aromatic carbocycles. The molecule has 0 spiro atoms. The summed E-state index contributed by atoms with van der Waals surface area (Å²) in [6.45, 7) is 0. The van der Waals surface area contributed by atoms with Crippen LogP contribution in [-0.4, -0.2) is 14.4 Å². The van der Waals surface area contributed by atoms with Crippen molar-refractivity contribution in [1.82, 2.24) is 14.4 Å². The van der Waals surface area contributed by atoms with E-state index in [1.807, 2.05) is 0 Å². The molecule has 4 nitrogen and oxygen atoms in total. The summed E-state index contributed by atoms with van der Waals surface area (Å²) in [7, 11) is 0.